The molecule has 2 radical (unpaired) electrons. The summed E-state index contributed by atoms with van der Waals surface area (Å²) in [5, 5.41) is 37.3. The minimum atomic E-state index is -1.17. The SMILES string of the molecule is CCC[CH2][Sn][CH2]CCC.O=C(O)c1cccc([N+](=O)[O-])c1.O=C(O)c1cccc([N+](=O)[O-])c1. The van der Waals surface area contributed by atoms with E-state index in [0.717, 1.165) is 12.1 Å². The van der Waals surface area contributed by atoms with Crippen LogP contribution in [-0.2, 0) is 0 Å². The molecule has 33 heavy (non-hydrogen) atoms. The first-order valence-corrected chi connectivity index (χ1v) is 14.3. The average Bonchev–Trinajstić information content (AvgIpc) is 2.80. The predicted molar refractivity (Wildman–Crippen MR) is 125 cm³/mol. The summed E-state index contributed by atoms with van der Waals surface area (Å²) in [5.41, 5.74) is -0.585. The van der Waals surface area contributed by atoms with E-state index < -0.39 is 21.8 Å². The molecular formula is C22H28N2O8Sn. The van der Waals surface area contributed by atoms with E-state index in [4.69, 9.17) is 10.2 Å². The molecule has 2 N–H and O–H groups in total. The van der Waals surface area contributed by atoms with E-state index in [0.29, 0.717) is 0 Å². The van der Waals surface area contributed by atoms with Gasteiger partial charge in [-0.1, -0.05) is 12.1 Å². The van der Waals surface area contributed by atoms with Gasteiger partial charge >= 0.3 is 81.5 Å². The van der Waals surface area contributed by atoms with E-state index in [9.17, 15) is 29.8 Å². The molecular weight excluding hydrogens is 539 g/mol. The smallest absolute Gasteiger partial charge is 0.335 e. The summed E-state index contributed by atoms with van der Waals surface area (Å²) < 4.78 is 3.25. The normalized spacial score (nSPS) is 9.52. The third kappa shape index (κ3) is 13.9. The molecule has 0 amide bonds. The van der Waals surface area contributed by atoms with Crippen LogP contribution in [0.15, 0.2) is 48.5 Å². The van der Waals surface area contributed by atoms with E-state index in [1.165, 1.54) is 62.1 Å². The van der Waals surface area contributed by atoms with Crippen LogP contribution in [0.5, 0.6) is 0 Å². The molecule has 10 nitrogen and oxygen atoms in total. The van der Waals surface area contributed by atoms with Gasteiger partial charge < -0.3 is 10.2 Å². The number of carbonyl (C=O) groups is 2. The van der Waals surface area contributed by atoms with Crippen molar-refractivity contribution in [3.05, 3.63) is 79.9 Å². The van der Waals surface area contributed by atoms with Gasteiger partial charge in [-0.2, -0.15) is 0 Å². The molecule has 0 atom stereocenters. The van der Waals surface area contributed by atoms with Crippen LogP contribution in [0.25, 0.3) is 0 Å². The summed E-state index contributed by atoms with van der Waals surface area (Å²) >= 11 is 0.149. The molecule has 0 saturated carbocycles. The average molecular weight is 567 g/mol. The van der Waals surface area contributed by atoms with Gasteiger partial charge in [0.15, 0.2) is 0 Å². The van der Waals surface area contributed by atoms with Crippen molar-refractivity contribution in [2.75, 3.05) is 0 Å². The van der Waals surface area contributed by atoms with E-state index in [2.05, 4.69) is 13.8 Å². The standard InChI is InChI=1S/2C7H5NO4.2C4H9.Sn/c2*9-7(10)5-2-1-3-6(4-5)8(11)12;2*1-3-4-2;/h2*1-4H,(H,9,10);2*1,3-4H2,2H3;. The third-order valence-electron chi connectivity index (χ3n) is 4.02. The summed E-state index contributed by atoms with van der Waals surface area (Å²) in [7, 11) is 0. The largest absolute Gasteiger partial charge is 0.478 e. The number of hydrogen-bond donors (Lipinski definition) is 2. The van der Waals surface area contributed by atoms with Crippen molar-refractivity contribution in [2.24, 2.45) is 0 Å². The van der Waals surface area contributed by atoms with Gasteiger partial charge in [0, 0.05) is 24.3 Å². The third-order valence-corrected chi connectivity index (χ3v) is 8.06. The molecule has 2 aromatic carbocycles. The van der Waals surface area contributed by atoms with Crippen LogP contribution in [0.4, 0.5) is 11.4 Å². The number of hydrogen-bond acceptors (Lipinski definition) is 6. The van der Waals surface area contributed by atoms with Crippen molar-refractivity contribution in [2.45, 2.75) is 48.4 Å². The molecule has 0 fully saturated rings. The fraction of sp³-hybridized carbons (Fsp3) is 0.364. The second-order valence-electron chi connectivity index (χ2n) is 6.68. The second kappa shape index (κ2) is 17.5. The fourth-order valence-electron chi connectivity index (χ4n) is 2.23. The molecule has 0 aliphatic heterocycles. The molecule has 0 spiro atoms. The monoisotopic (exact) mass is 568 g/mol. The molecule has 0 aromatic heterocycles. The molecule has 0 heterocycles. The van der Waals surface area contributed by atoms with Crippen LogP contribution in [0.1, 0.15) is 60.2 Å². The molecule has 0 aliphatic rings. The van der Waals surface area contributed by atoms with Gasteiger partial charge in [-0.3, -0.25) is 20.2 Å². The molecule has 0 aliphatic carbocycles. The number of nitrogens with zero attached hydrogens (tertiary/aromatic N) is 2. The summed E-state index contributed by atoms with van der Waals surface area (Å²) in [6, 6.07) is 9.79. The summed E-state index contributed by atoms with van der Waals surface area (Å²) in [6.07, 6.45) is 5.84. The number of nitro groups is 2. The number of non-ortho nitro benzene ring substituents is 2. The number of carboxylic acids is 2. The Morgan fingerprint density at radius 3 is 1.42 bits per heavy atom. The molecule has 178 valence electrons. The minimum Gasteiger partial charge on any atom is -0.478 e. The Balaban J connectivity index is 0.000000472. The molecule has 0 unspecified atom stereocenters. The Hall–Kier alpha value is -3.02. The molecule has 2 aromatic rings. The maximum Gasteiger partial charge on any atom is 0.335 e. The summed E-state index contributed by atoms with van der Waals surface area (Å²) in [6.45, 7) is 4.58. The van der Waals surface area contributed by atoms with Gasteiger partial charge in [0.2, 0.25) is 0 Å². The predicted octanol–water partition coefficient (Wildman–Crippen LogP) is 5.71. The van der Waals surface area contributed by atoms with Crippen LogP contribution in [0.2, 0.25) is 8.87 Å². The number of nitro benzene ring substituents is 2. The van der Waals surface area contributed by atoms with E-state index in [1.807, 2.05) is 0 Å². The fourth-order valence-corrected chi connectivity index (χ4v) is 6.39. The summed E-state index contributed by atoms with van der Waals surface area (Å²) in [4.78, 5) is 39.8. The van der Waals surface area contributed by atoms with Crippen LogP contribution in [-0.4, -0.2) is 53.1 Å². The van der Waals surface area contributed by atoms with Gasteiger partial charge in [0.05, 0.1) is 21.0 Å². The first kappa shape index (κ1) is 30.0. The molecule has 2 rings (SSSR count). The zero-order valence-electron chi connectivity index (χ0n) is 18.6. The Labute approximate surface area is 202 Å². The zero-order chi connectivity index (χ0) is 25.2. The molecule has 0 saturated heterocycles. The van der Waals surface area contributed by atoms with Crippen molar-refractivity contribution in [1.29, 1.82) is 0 Å². The van der Waals surface area contributed by atoms with E-state index >= 15 is 0 Å². The van der Waals surface area contributed by atoms with Gasteiger partial charge in [-0.05, 0) is 12.1 Å². The van der Waals surface area contributed by atoms with E-state index in [1.54, 1.807) is 8.87 Å². The Bertz CT molecular complexity index is 789. The zero-order valence-corrected chi connectivity index (χ0v) is 21.5. The number of rotatable bonds is 10. The Morgan fingerprint density at radius 2 is 1.15 bits per heavy atom. The van der Waals surface area contributed by atoms with Gasteiger partial charge in [-0.25, -0.2) is 9.59 Å². The van der Waals surface area contributed by atoms with Crippen molar-refractivity contribution in [1.82, 2.24) is 0 Å². The van der Waals surface area contributed by atoms with Crippen LogP contribution >= 0.6 is 0 Å². The summed E-state index contributed by atoms with van der Waals surface area (Å²) in [5.74, 6) is -2.34. The minimum absolute atomic E-state index is 0.0794. The van der Waals surface area contributed by atoms with Crippen molar-refractivity contribution < 1.29 is 29.6 Å². The second-order valence-corrected chi connectivity index (χ2v) is 11.0. The Kier molecular flexibility index (Phi) is 15.9. The molecule has 0 bridgehead atoms. The maximum absolute atomic E-state index is 10.4. The van der Waals surface area contributed by atoms with Crippen LogP contribution in [0, 0.1) is 20.2 Å². The van der Waals surface area contributed by atoms with E-state index in [-0.39, 0.29) is 43.6 Å². The number of carboxylic acid groups (broad SMARTS) is 2. The number of benzene rings is 2. The van der Waals surface area contributed by atoms with Crippen molar-refractivity contribution >= 4 is 44.5 Å². The Morgan fingerprint density at radius 1 is 0.788 bits per heavy atom. The number of aromatic carboxylic acids is 2. The molecule has 11 heteroatoms. The van der Waals surface area contributed by atoms with Gasteiger partial charge in [0.25, 0.3) is 11.4 Å². The topological polar surface area (TPSA) is 161 Å². The van der Waals surface area contributed by atoms with Gasteiger partial charge in [0.1, 0.15) is 0 Å². The van der Waals surface area contributed by atoms with Crippen LogP contribution < -0.4 is 0 Å². The van der Waals surface area contributed by atoms with Crippen molar-refractivity contribution in [3.8, 4) is 0 Å². The number of unbranched alkanes of at least 4 members (excludes halogenated alkanes) is 2. The first-order valence-electron chi connectivity index (χ1n) is 10.3. The van der Waals surface area contributed by atoms with Crippen LogP contribution in [0.3, 0.4) is 0 Å². The quantitative estimate of drug-likeness (QED) is 0.160. The first-order chi connectivity index (χ1) is 15.6. The maximum atomic E-state index is 10.4. The van der Waals surface area contributed by atoms with Crippen molar-refractivity contribution in [3.63, 3.8) is 0 Å². The van der Waals surface area contributed by atoms with Gasteiger partial charge in [-0.15, -0.1) is 0 Å².